The van der Waals surface area contributed by atoms with Crippen LogP contribution in [0.4, 0.5) is 5.69 Å². The van der Waals surface area contributed by atoms with Crippen LogP contribution in [0.3, 0.4) is 0 Å². The molecule has 0 aliphatic heterocycles. The smallest absolute Gasteiger partial charge is 0.251 e. The van der Waals surface area contributed by atoms with Crippen LogP contribution in [-0.4, -0.2) is 19.0 Å². The summed E-state index contributed by atoms with van der Waals surface area (Å²) in [7, 11) is 1.61. The molecule has 0 saturated heterocycles. The first-order valence-electron chi connectivity index (χ1n) is 8.74. The van der Waals surface area contributed by atoms with E-state index in [2.05, 4.69) is 15.6 Å². The van der Waals surface area contributed by atoms with Crippen LogP contribution in [0.5, 0.6) is 5.75 Å². The van der Waals surface area contributed by atoms with Gasteiger partial charge in [0.25, 0.3) is 5.91 Å². The van der Waals surface area contributed by atoms with Gasteiger partial charge >= 0.3 is 0 Å². The number of hydrogen-bond acceptors (Lipinski definition) is 4. The first-order chi connectivity index (χ1) is 13.6. The van der Waals surface area contributed by atoms with Crippen molar-refractivity contribution in [1.29, 1.82) is 0 Å². The van der Waals surface area contributed by atoms with Gasteiger partial charge in [0.05, 0.1) is 26.5 Å². The highest BCUT2D eigenvalue weighted by atomic mass is 16.5. The molecule has 1 heterocycles. The van der Waals surface area contributed by atoms with Crippen molar-refractivity contribution in [3.63, 3.8) is 0 Å². The van der Waals surface area contributed by atoms with Crippen molar-refractivity contribution >= 4 is 17.6 Å². The number of ether oxygens (including phenoxy) is 1. The molecule has 28 heavy (non-hydrogen) atoms. The highest BCUT2D eigenvalue weighted by molar-refractivity contribution is 5.94. The molecule has 0 aliphatic carbocycles. The maximum Gasteiger partial charge on any atom is 0.251 e. The molecule has 3 rings (SSSR count). The number of carbonyl (C=O) groups excluding carboxylic acids is 1. The van der Waals surface area contributed by atoms with Crippen molar-refractivity contribution in [2.24, 2.45) is 10.7 Å². The minimum Gasteiger partial charge on any atom is -0.497 e. The van der Waals surface area contributed by atoms with Gasteiger partial charge in [0.2, 0.25) is 0 Å². The number of amides is 1. The maximum atomic E-state index is 12.3. The zero-order valence-corrected chi connectivity index (χ0v) is 15.5. The lowest BCUT2D eigenvalue weighted by atomic mass is 10.1. The maximum absolute atomic E-state index is 12.3. The average molecular weight is 378 g/mol. The van der Waals surface area contributed by atoms with Gasteiger partial charge in [-0.1, -0.05) is 12.1 Å². The van der Waals surface area contributed by atoms with Gasteiger partial charge in [-0.05, 0) is 54.1 Å². The van der Waals surface area contributed by atoms with Gasteiger partial charge < -0.3 is 25.5 Å². The third-order valence-corrected chi connectivity index (χ3v) is 3.99. The summed E-state index contributed by atoms with van der Waals surface area (Å²) in [6, 6.07) is 18.2. The number of hydrogen-bond donors (Lipinski definition) is 3. The Balaban J connectivity index is 1.56. The minimum absolute atomic E-state index is 0.174. The van der Waals surface area contributed by atoms with Crippen LogP contribution in [0.1, 0.15) is 21.7 Å². The first kappa shape index (κ1) is 19.0. The number of nitrogens with zero attached hydrogens (tertiary/aromatic N) is 1. The molecule has 0 spiro atoms. The van der Waals surface area contributed by atoms with E-state index in [0.717, 1.165) is 17.0 Å². The molecule has 144 valence electrons. The van der Waals surface area contributed by atoms with Crippen LogP contribution < -0.4 is 21.1 Å². The van der Waals surface area contributed by atoms with Crippen LogP contribution >= 0.6 is 0 Å². The van der Waals surface area contributed by atoms with Crippen molar-refractivity contribution in [2.75, 3.05) is 12.4 Å². The van der Waals surface area contributed by atoms with Crippen LogP contribution in [-0.2, 0) is 13.1 Å². The third-order valence-electron chi connectivity index (χ3n) is 3.99. The molecule has 1 aromatic heterocycles. The van der Waals surface area contributed by atoms with E-state index in [4.69, 9.17) is 14.9 Å². The topological polar surface area (TPSA) is 102 Å². The van der Waals surface area contributed by atoms with Crippen LogP contribution in [0.25, 0.3) is 0 Å². The van der Waals surface area contributed by atoms with Gasteiger partial charge in [-0.15, -0.1) is 0 Å². The quantitative estimate of drug-likeness (QED) is 0.433. The average Bonchev–Trinajstić information content (AvgIpc) is 3.25. The number of anilines is 1. The largest absolute Gasteiger partial charge is 0.497 e. The van der Waals surface area contributed by atoms with Crippen LogP contribution in [0.2, 0.25) is 0 Å². The predicted octanol–water partition coefficient (Wildman–Crippen LogP) is 3.15. The highest BCUT2D eigenvalue weighted by Crippen LogP contribution is 2.15. The van der Waals surface area contributed by atoms with Crippen LogP contribution in [0.15, 0.2) is 76.3 Å². The molecule has 0 fully saturated rings. The number of methoxy groups -OCH3 is 1. The number of nitrogens with one attached hydrogen (secondary N) is 2. The Morgan fingerprint density at radius 2 is 1.96 bits per heavy atom. The second-order valence-electron chi connectivity index (χ2n) is 6.02. The number of carbonyl (C=O) groups is 1. The summed E-state index contributed by atoms with van der Waals surface area (Å²) in [6.45, 7) is 0.696. The summed E-state index contributed by atoms with van der Waals surface area (Å²) in [5, 5.41) is 5.84. The first-order valence-corrected chi connectivity index (χ1v) is 8.74. The molecule has 2 aromatic carbocycles. The van der Waals surface area contributed by atoms with Crippen molar-refractivity contribution in [3.8, 4) is 5.75 Å². The summed E-state index contributed by atoms with van der Waals surface area (Å²) in [5.74, 6) is 1.58. The van der Waals surface area contributed by atoms with E-state index < -0.39 is 0 Å². The second kappa shape index (κ2) is 9.27. The van der Waals surface area contributed by atoms with Gasteiger partial charge in [-0.25, -0.2) is 4.99 Å². The molecule has 0 radical (unpaired) electrons. The lowest BCUT2D eigenvalue weighted by molar-refractivity contribution is 0.0948. The zero-order valence-electron chi connectivity index (χ0n) is 15.5. The number of nitrogens with two attached hydrogens (primary N) is 1. The van der Waals surface area contributed by atoms with E-state index in [0.29, 0.717) is 24.4 Å². The van der Waals surface area contributed by atoms with E-state index in [-0.39, 0.29) is 11.9 Å². The minimum atomic E-state index is -0.174. The van der Waals surface area contributed by atoms with E-state index >= 15 is 0 Å². The summed E-state index contributed by atoms with van der Waals surface area (Å²) in [6.07, 6.45) is 1.57. The molecule has 1 amide bonds. The standard InChI is InChI=1S/C21H22N4O3/c1-27-18-9-7-17(8-10-18)25-21(22)24-13-15-4-2-5-16(12-15)20(26)23-14-19-6-3-11-28-19/h2-12H,13-14H2,1H3,(H,23,26)(H3,22,24,25). The lowest BCUT2D eigenvalue weighted by Gasteiger charge is -2.07. The molecule has 7 nitrogen and oxygen atoms in total. The Labute approximate surface area is 163 Å². The fourth-order valence-electron chi connectivity index (χ4n) is 2.53. The highest BCUT2D eigenvalue weighted by Gasteiger charge is 2.07. The van der Waals surface area contributed by atoms with Gasteiger partial charge in [-0.2, -0.15) is 0 Å². The van der Waals surface area contributed by atoms with Gasteiger partial charge in [0.1, 0.15) is 11.5 Å². The second-order valence-corrected chi connectivity index (χ2v) is 6.02. The van der Waals surface area contributed by atoms with Gasteiger partial charge in [-0.3, -0.25) is 4.79 Å². The molecule has 0 bridgehead atoms. The van der Waals surface area contributed by atoms with Crippen molar-refractivity contribution in [1.82, 2.24) is 5.32 Å². The Bertz CT molecular complexity index is 935. The summed E-state index contributed by atoms with van der Waals surface area (Å²) in [5.41, 5.74) is 8.19. The van der Waals surface area contributed by atoms with Gasteiger partial charge in [0.15, 0.2) is 5.96 Å². The third kappa shape index (κ3) is 5.38. The van der Waals surface area contributed by atoms with E-state index in [1.165, 1.54) is 0 Å². The summed E-state index contributed by atoms with van der Waals surface area (Å²) >= 11 is 0. The van der Waals surface area contributed by atoms with Crippen molar-refractivity contribution < 1.29 is 13.9 Å². The number of benzene rings is 2. The number of furan rings is 1. The zero-order chi connectivity index (χ0) is 19.8. The van der Waals surface area contributed by atoms with Gasteiger partial charge in [0, 0.05) is 11.3 Å². The van der Waals surface area contributed by atoms with Crippen molar-refractivity contribution in [2.45, 2.75) is 13.1 Å². The molecule has 4 N–H and O–H groups in total. The predicted molar refractivity (Wildman–Crippen MR) is 108 cm³/mol. The molecule has 7 heteroatoms. The Hall–Kier alpha value is -3.74. The number of guanidine groups is 1. The fraction of sp³-hybridized carbons (Fsp3) is 0.143. The monoisotopic (exact) mass is 378 g/mol. The Morgan fingerprint density at radius 1 is 1.14 bits per heavy atom. The fourth-order valence-corrected chi connectivity index (χ4v) is 2.53. The molecule has 3 aromatic rings. The molecular weight excluding hydrogens is 356 g/mol. The Morgan fingerprint density at radius 3 is 2.68 bits per heavy atom. The summed E-state index contributed by atoms with van der Waals surface area (Å²) < 4.78 is 10.3. The lowest BCUT2D eigenvalue weighted by Crippen LogP contribution is -2.23. The molecule has 0 aliphatic rings. The van der Waals surface area contributed by atoms with E-state index in [9.17, 15) is 4.79 Å². The Kier molecular flexibility index (Phi) is 6.30. The van der Waals surface area contributed by atoms with Crippen LogP contribution in [0, 0.1) is 0 Å². The molecule has 0 saturated carbocycles. The van der Waals surface area contributed by atoms with E-state index in [1.54, 1.807) is 31.6 Å². The van der Waals surface area contributed by atoms with Crippen molar-refractivity contribution in [3.05, 3.63) is 83.8 Å². The molecule has 0 atom stereocenters. The SMILES string of the molecule is COc1ccc(NC(N)=NCc2cccc(C(=O)NCc3ccco3)c2)cc1. The number of rotatable bonds is 7. The molecule has 0 unspecified atom stereocenters. The normalized spacial score (nSPS) is 11.1. The number of aliphatic imine (C=N–C) groups is 1. The molecular formula is C21H22N4O3. The summed E-state index contributed by atoms with van der Waals surface area (Å²) in [4.78, 5) is 16.6. The van der Waals surface area contributed by atoms with E-state index in [1.807, 2.05) is 42.5 Å².